The summed E-state index contributed by atoms with van der Waals surface area (Å²) in [5.74, 6) is 0.231. The number of piperazine rings is 1. The predicted octanol–water partition coefficient (Wildman–Crippen LogP) is 1.17. The first-order valence-corrected chi connectivity index (χ1v) is 6.42. The Morgan fingerprint density at radius 2 is 2.12 bits per heavy atom. The van der Waals surface area contributed by atoms with Gasteiger partial charge in [0.15, 0.2) is 0 Å². The van der Waals surface area contributed by atoms with E-state index in [1.54, 1.807) is 15.9 Å². The third-order valence-corrected chi connectivity index (χ3v) is 3.73. The summed E-state index contributed by atoms with van der Waals surface area (Å²) in [6.07, 6.45) is 5.26. The smallest absolute Gasteiger partial charge is 0.246 e. The summed E-state index contributed by atoms with van der Waals surface area (Å²) in [5, 5.41) is 0. The molecular formula is C13H20N2O2. The maximum absolute atomic E-state index is 12.3. The number of carbonyl (C=O) groups is 2. The topological polar surface area (TPSA) is 40.6 Å². The highest BCUT2D eigenvalue weighted by molar-refractivity contribution is 5.97. The van der Waals surface area contributed by atoms with Crippen LogP contribution in [0.1, 0.15) is 32.6 Å². The van der Waals surface area contributed by atoms with Crippen LogP contribution in [0.4, 0.5) is 0 Å². The van der Waals surface area contributed by atoms with Gasteiger partial charge in [-0.3, -0.25) is 9.59 Å². The van der Waals surface area contributed by atoms with E-state index < -0.39 is 0 Å². The number of nitrogens with zero attached hydrogens (tertiary/aromatic N) is 2. The van der Waals surface area contributed by atoms with E-state index in [1.807, 2.05) is 6.92 Å². The minimum absolute atomic E-state index is 0.107. The zero-order chi connectivity index (χ0) is 12.4. The second-order valence-corrected chi connectivity index (χ2v) is 4.75. The molecule has 2 aliphatic rings. The van der Waals surface area contributed by atoms with Crippen molar-refractivity contribution in [2.24, 2.45) is 0 Å². The highest BCUT2D eigenvalue weighted by atomic mass is 16.2. The molecular weight excluding hydrogens is 216 g/mol. The summed E-state index contributed by atoms with van der Waals surface area (Å²) in [7, 11) is 0. The van der Waals surface area contributed by atoms with E-state index in [9.17, 15) is 9.59 Å². The molecule has 0 bridgehead atoms. The highest BCUT2D eigenvalue weighted by Crippen LogP contribution is 2.27. The zero-order valence-corrected chi connectivity index (χ0v) is 10.4. The Balaban J connectivity index is 2.26. The molecule has 0 radical (unpaired) electrons. The van der Waals surface area contributed by atoms with Crippen LogP contribution in [0.15, 0.2) is 12.7 Å². The van der Waals surface area contributed by atoms with Crippen LogP contribution < -0.4 is 0 Å². The van der Waals surface area contributed by atoms with Crippen molar-refractivity contribution in [2.45, 2.75) is 44.7 Å². The molecule has 4 nitrogen and oxygen atoms in total. The quantitative estimate of drug-likeness (QED) is 0.690. The minimum atomic E-state index is -0.283. The molecule has 2 unspecified atom stereocenters. The van der Waals surface area contributed by atoms with Crippen molar-refractivity contribution >= 4 is 11.8 Å². The molecule has 2 fully saturated rings. The molecule has 2 heterocycles. The van der Waals surface area contributed by atoms with Crippen molar-refractivity contribution in [1.29, 1.82) is 0 Å². The Kier molecular flexibility index (Phi) is 3.50. The summed E-state index contributed by atoms with van der Waals surface area (Å²) in [6, 6.07) is -0.492. The van der Waals surface area contributed by atoms with Crippen LogP contribution in [-0.2, 0) is 9.59 Å². The van der Waals surface area contributed by atoms with Crippen LogP contribution >= 0.6 is 0 Å². The first-order chi connectivity index (χ1) is 8.20. The second kappa shape index (κ2) is 4.90. The minimum Gasteiger partial charge on any atom is -0.329 e. The van der Waals surface area contributed by atoms with Crippen molar-refractivity contribution in [1.82, 2.24) is 9.80 Å². The van der Waals surface area contributed by atoms with Gasteiger partial charge < -0.3 is 9.80 Å². The molecule has 0 aromatic rings. The van der Waals surface area contributed by atoms with Crippen LogP contribution in [-0.4, -0.2) is 46.8 Å². The molecule has 4 heteroatoms. The van der Waals surface area contributed by atoms with Crippen molar-refractivity contribution in [3.63, 3.8) is 0 Å². The third-order valence-electron chi connectivity index (χ3n) is 3.73. The van der Waals surface area contributed by atoms with Crippen molar-refractivity contribution in [3.8, 4) is 0 Å². The molecule has 2 atom stereocenters. The van der Waals surface area contributed by atoms with E-state index in [0.29, 0.717) is 13.0 Å². The molecule has 0 aromatic carbocycles. The van der Waals surface area contributed by atoms with Crippen molar-refractivity contribution in [3.05, 3.63) is 12.7 Å². The van der Waals surface area contributed by atoms with Gasteiger partial charge in [0.2, 0.25) is 11.8 Å². The van der Waals surface area contributed by atoms with Crippen LogP contribution in [0.5, 0.6) is 0 Å². The molecule has 2 aliphatic heterocycles. The number of piperidine rings is 1. The fourth-order valence-electron chi connectivity index (χ4n) is 2.87. The van der Waals surface area contributed by atoms with E-state index in [0.717, 1.165) is 25.8 Å². The fraction of sp³-hybridized carbons (Fsp3) is 0.692. The summed E-state index contributed by atoms with van der Waals surface area (Å²) in [6.45, 7) is 6.85. The predicted molar refractivity (Wildman–Crippen MR) is 65.3 cm³/mol. The maximum Gasteiger partial charge on any atom is 0.246 e. The van der Waals surface area contributed by atoms with Gasteiger partial charge in [0, 0.05) is 13.1 Å². The lowest BCUT2D eigenvalue weighted by Gasteiger charge is -2.46. The number of carbonyl (C=O) groups excluding carboxylic acids is 2. The van der Waals surface area contributed by atoms with Gasteiger partial charge in [-0.15, -0.1) is 6.58 Å². The third kappa shape index (κ3) is 1.96. The standard InChI is InChI=1S/C13H20N2O2/c1-3-8-14-10(4-2)12(16)15-9-6-5-7-11(15)13(14)17/h3,10-11H,1,4-9H2,2H3. The number of amides is 2. The lowest BCUT2D eigenvalue weighted by Crippen LogP contribution is -2.65. The van der Waals surface area contributed by atoms with Gasteiger partial charge in [-0.2, -0.15) is 0 Å². The van der Waals surface area contributed by atoms with Gasteiger partial charge >= 0.3 is 0 Å². The molecule has 94 valence electrons. The van der Waals surface area contributed by atoms with E-state index in [4.69, 9.17) is 0 Å². The largest absolute Gasteiger partial charge is 0.329 e. The molecule has 2 rings (SSSR count). The lowest BCUT2D eigenvalue weighted by atomic mass is 9.94. The molecule has 2 saturated heterocycles. The molecule has 17 heavy (non-hydrogen) atoms. The second-order valence-electron chi connectivity index (χ2n) is 4.75. The van der Waals surface area contributed by atoms with E-state index in [-0.39, 0.29) is 23.9 Å². The molecule has 2 amide bonds. The Morgan fingerprint density at radius 3 is 2.76 bits per heavy atom. The Morgan fingerprint density at radius 1 is 1.35 bits per heavy atom. The van der Waals surface area contributed by atoms with Gasteiger partial charge in [0.1, 0.15) is 12.1 Å². The molecule has 0 saturated carbocycles. The van der Waals surface area contributed by atoms with E-state index in [2.05, 4.69) is 6.58 Å². The SMILES string of the molecule is C=CCN1C(=O)C2CCCCN2C(=O)C1CC. The molecule has 0 aliphatic carbocycles. The Hall–Kier alpha value is -1.32. The number of fused-ring (bicyclic) bond motifs is 1. The maximum atomic E-state index is 12.3. The van der Waals surface area contributed by atoms with Gasteiger partial charge in [0.25, 0.3) is 0 Å². The van der Waals surface area contributed by atoms with Gasteiger partial charge in [-0.1, -0.05) is 13.0 Å². The Labute approximate surface area is 102 Å². The average Bonchev–Trinajstić information content (AvgIpc) is 2.36. The van der Waals surface area contributed by atoms with Crippen molar-refractivity contribution in [2.75, 3.05) is 13.1 Å². The van der Waals surface area contributed by atoms with Crippen LogP contribution in [0.3, 0.4) is 0 Å². The first kappa shape index (κ1) is 12.1. The first-order valence-electron chi connectivity index (χ1n) is 6.42. The summed E-state index contributed by atoms with van der Waals surface area (Å²) >= 11 is 0. The summed E-state index contributed by atoms with van der Waals surface area (Å²) < 4.78 is 0. The highest BCUT2D eigenvalue weighted by Gasteiger charge is 2.45. The Bertz CT molecular complexity index is 340. The van der Waals surface area contributed by atoms with Crippen LogP contribution in [0.25, 0.3) is 0 Å². The lowest BCUT2D eigenvalue weighted by molar-refractivity contribution is -0.163. The van der Waals surface area contributed by atoms with Crippen molar-refractivity contribution < 1.29 is 9.59 Å². The monoisotopic (exact) mass is 236 g/mol. The van der Waals surface area contributed by atoms with Crippen LogP contribution in [0.2, 0.25) is 0 Å². The molecule has 0 spiro atoms. The number of hydrogen-bond acceptors (Lipinski definition) is 2. The van der Waals surface area contributed by atoms with Gasteiger partial charge in [-0.25, -0.2) is 0 Å². The number of rotatable bonds is 3. The van der Waals surface area contributed by atoms with Crippen LogP contribution in [0, 0.1) is 0 Å². The fourth-order valence-corrected chi connectivity index (χ4v) is 2.87. The number of hydrogen-bond donors (Lipinski definition) is 0. The summed E-state index contributed by atoms with van der Waals surface area (Å²) in [4.78, 5) is 28.2. The normalized spacial score (nSPS) is 29.2. The molecule has 0 N–H and O–H groups in total. The van der Waals surface area contributed by atoms with Gasteiger partial charge in [0.05, 0.1) is 0 Å². The zero-order valence-electron chi connectivity index (χ0n) is 10.4. The summed E-state index contributed by atoms with van der Waals surface area (Å²) in [5.41, 5.74) is 0. The van der Waals surface area contributed by atoms with Gasteiger partial charge in [-0.05, 0) is 25.7 Å². The molecule has 0 aromatic heterocycles. The average molecular weight is 236 g/mol. The van der Waals surface area contributed by atoms with E-state index in [1.165, 1.54) is 0 Å². The van der Waals surface area contributed by atoms with E-state index >= 15 is 0 Å².